The van der Waals surface area contributed by atoms with E-state index in [9.17, 15) is 0 Å². The van der Waals surface area contributed by atoms with E-state index in [1.807, 2.05) is 4.52 Å². The molecule has 5 rings (SSSR count). The van der Waals surface area contributed by atoms with Crippen LogP contribution in [0.25, 0.3) is 5.78 Å². The molecule has 6 nitrogen and oxygen atoms in total. The molecule has 0 amide bonds. The molecule has 1 unspecified atom stereocenters. The standard InChI is InChI=1S/C18H19N5O/c1-2-14-9-16(23-17(21-14)19-12-20-23)22-8-7-18(11-22)15-6-4-3-5-13(15)10-24-18/h3-6,9,12H,2,7-8,10-11H2,1H3. The smallest absolute Gasteiger partial charge is 0.254 e. The fraction of sp³-hybridized carbons (Fsp3) is 0.389. The summed E-state index contributed by atoms with van der Waals surface area (Å²) in [6, 6.07) is 10.7. The Kier molecular flexibility index (Phi) is 2.91. The molecule has 0 saturated carbocycles. The van der Waals surface area contributed by atoms with Gasteiger partial charge < -0.3 is 9.64 Å². The highest BCUT2D eigenvalue weighted by Crippen LogP contribution is 2.44. The number of aromatic nitrogens is 4. The van der Waals surface area contributed by atoms with E-state index in [0.29, 0.717) is 12.4 Å². The highest BCUT2D eigenvalue weighted by molar-refractivity contribution is 5.50. The Labute approximate surface area is 140 Å². The average molecular weight is 321 g/mol. The summed E-state index contributed by atoms with van der Waals surface area (Å²) in [5.74, 6) is 1.72. The Morgan fingerprint density at radius 3 is 3.12 bits per heavy atom. The van der Waals surface area contributed by atoms with Gasteiger partial charge in [-0.05, 0) is 24.0 Å². The van der Waals surface area contributed by atoms with Crippen molar-refractivity contribution in [3.05, 3.63) is 53.5 Å². The number of ether oxygens (including phenoxy) is 1. The van der Waals surface area contributed by atoms with E-state index >= 15 is 0 Å². The highest BCUT2D eigenvalue weighted by atomic mass is 16.5. The van der Waals surface area contributed by atoms with Crippen LogP contribution < -0.4 is 4.90 Å². The minimum absolute atomic E-state index is 0.195. The predicted octanol–water partition coefficient (Wildman–Crippen LogP) is 2.32. The van der Waals surface area contributed by atoms with E-state index in [1.165, 1.54) is 11.1 Å². The van der Waals surface area contributed by atoms with Crippen LogP contribution in [0.1, 0.15) is 30.2 Å². The third-order valence-electron chi connectivity index (χ3n) is 5.22. The zero-order chi connectivity index (χ0) is 16.1. The van der Waals surface area contributed by atoms with Crippen molar-refractivity contribution < 1.29 is 4.74 Å². The second-order valence-electron chi connectivity index (χ2n) is 6.54. The molecule has 1 aromatic carbocycles. The third kappa shape index (κ3) is 1.89. The number of hydrogen-bond donors (Lipinski definition) is 0. The zero-order valence-corrected chi connectivity index (χ0v) is 13.6. The van der Waals surface area contributed by atoms with E-state index in [4.69, 9.17) is 4.74 Å². The summed E-state index contributed by atoms with van der Waals surface area (Å²) in [7, 11) is 0. The number of fused-ring (bicyclic) bond motifs is 3. The number of nitrogens with zero attached hydrogens (tertiary/aromatic N) is 5. The van der Waals surface area contributed by atoms with Gasteiger partial charge in [0.25, 0.3) is 5.78 Å². The lowest BCUT2D eigenvalue weighted by Gasteiger charge is -2.25. The van der Waals surface area contributed by atoms with Crippen LogP contribution in [0.15, 0.2) is 36.7 Å². The topological polar surface area (TPSA) is 55.6 Å². The molecule has 1 saturated heterocycles. The number of rotatable bonds is 2. The normalized spacial score (nSPS) is 22.6. The molecule has 1 fully saturated rings. The summed E-state index contributed by atoms with van der Waals surface area (Å²) < 4.78 is 8.10. The molecule has 2 aromatic heterocycles. The van der Waals surface area contributed by atoms with Gasteiger partial charge in [0, 0.05) is 18.3 Å². The Morgan fingerprint density at radius 1 is 1.29 bits per heavy atom. The first-order valence-electron chi connectivity index (χ1n) is 8.46. The molecule has 2 aliphatic heterocycles. The summed E-state index contributed by atoms with van der Waals surface area (Å²) >= 11 is 0. The molecule has 24 heavy (non-hydrogen) atoms. The van der Waals surface area contributed by atoms with Crippen molar-refractivity contribution in [2.75, 3.05) is 18.0 Å². The van der Waals surface area contributed by atoms with Crippen LogP contribution in [0, 0.1) is 0 Å². The van der Waals surface area contributed by atoms with Crippen LogP contribution in [-0.4, -0.2) is 32.7 Å². The second-order valence-corrected chi connectivity index (χ2v) is 6.54. The van der Waals surface area contributed by atoms with Crippen LogP contribution in [0.2, 0.25) is 0 Å². The summed E-state index contributed by atoms with van der Waals surface area (Å²) in [5, 5.41) is 4.36. The molecule has 1 spiro atoms. The molecule has 4 heterocycles. The lowest BCUT2D eigenvalue weighted by Crippen LogP contribution is -2.31. The van der Waals surface area contributed by atoms with Gasteiger partial charge in [0.2, 0.25) is 0 Å². The maximum atomic E-state index is 6.27. The van der Waals surface area contributed by atoms with E-state index < -0.39 is 0 Å². The van der Waals surface area contributed by atoms with Crippen molar-refractivity contribution in [2.45, 2.75) is 32.0 Å². The second kappa shape index (κ2) is 5.01. The van der Waals surface area contributed by atoms with Gasteiger partial charge in [-0.15, -0.1) is 0 Å². The number of hydrogen-bond acceptors (Lipinski definition) is 5. The van der Waals surface area contributed by atoms with Crippen LogP contribution in [0.4, 0.5) is 5.82 Å². The lowest BCUT2D eigenvalue weighted by molar-refractivity contribution is -0.0205. The van der Waals surface area contributed by atoms with E-state index in [0.717, 1.165) is 37.4 Å². The number of benzene rings is 1. The minimum atomic E-state index is -0.195. The van der Waals surface area contributed by atoms with Gasteiger partial charge in [0.1, 0.15) is 17.7 Å². The molecule has 3 aromatic rings. The van der Waals surface area contributed by atoms with Crippen molar-refractivity contribution in [3.63, 3.8) is 0 Å². The van der Waals surface area contributed by atoms with Gasteiger partial charge in [-0.2, -0.15) is 14.6 Å². The molecule has 0 aliphatic carbocycles. The summed E-state index contributed by atoms with van der Waals surface area (Å²) in [5.41, 5.74) is 3.50. The molecule has 2 aliphatic rings. The maximum Gasteiger partial charge on any atom is 0.254 e. The Balaban J connectivity index is 1.56. The third-order valence-corrected chi connectivity index (χ3v) is 5.22. The fourth-order valence-electron chi connectivity index (χ4n) is 3.95. The first-order chi connectivity index (χ1) is 11.8. The summed E-state index contributed by atoms with van der Waals surface area (Å²) in [6.45, 7) is 4.60. The fourth-order valence-corrected chi connectivity index (χ4v) is 3.95. The Bertz CT molecular complexity index is 921. The Morgan fingerprint density at radius 2 is 2.21 bits per heavy atom. The molecule has 0 bridgehead atoms. The van der Waals surface area contributed by atoms with E-state index in [-0.39, 0.29) is 5.60 Å². The average Bonchev–Trinajstić information content (AvgIpc) is 3.34. The predicted molar refractivity (Wildman–Crippen MR) is 89.9 cm³/mol. The van der Waals surface area contributed by atoms with Gasteiger partial charge in [-0.1, -0.05) is 31.2 Å². The van der Waals surface area contributed by atoms with Crippen LogP contribution in [0.3, 0.4) is 0 Å². The van der Waals surface area contributed by atoms with Gasteiger partial charge >= 0.3 is 0 Å². The van der Waals surface area contributed by atoms with Crippen LogP contribution in [0.5, 0.6) is 0 Å². The van der Waals surface area contributed by atoms with Crippen LogP contribution in [-0.2, 0) is 23.4 Å². The van der Waals surface area contributed by atoms with Gasteiger partial charge in [0.15, 0.2) is 0 Å². The molecule has 1 atom stereocenters. The van der Waals surface area contributed by atoms with Crippen molar-refractivity contribution in [1.82, 2.24) is 19.6 Å². The SMILES string of the molecule is CCc1cc(N2CCC3(C2)OCc2ccccc23)n2ncnc2n1. The highest BCUT2D eigenvalue weighted by Gasteiger charge is 2.46. The largest absolute Gasteiger partial charge is 0.364 e. The molecule has 0 radical (unpaired) electrons. The molecule has 6 heteroatoms. The van der Waals surface area contributed by atoms with Crippen molar-refractivity contribution in [3.8, 4) is 0 Å². The van der Waals surface area contributed by atoms with E-state index in [1.54, 1.807) is 6.33 Å². The van der Waals surface area contributed by atoms with Crippen molar-refractivity contribution >= 4 is 11.6 Å². The maximum absolute atomic E-state index is 6.27. The van der Waals surface area contributed by atoms with Crippen molar-refractivity contribution in [1.29, 1.82) is 0 Å². The van der Waals surface area contributed by atoms with Gasteiger partial charge in [0.05, 0.1) is 13.2 Å². The number of anilines is 1. The zero-order valence-electron chi connectivity index (χ0n) is 13.6. The Hall–Kier alpha value is -2.47. The first kappa shape index (κ1) is 13.9. The van der Waals surface area contributed by atoms with Gasteiger partial charge in [-0.3, -0.25) is 0 Å². The van der Waals surface area contributed by atoms with Crippen LogP contribution >= 0.6 is 0 Å². The first-order valence-corrected chi connectivity index (χ1v) is 8.46. The summed E-state index contributed by atoms with van der Waals surface area (Å²) in [4.78, 5) is 11.2. The van der Waals surface area contributed by atoms with Gasteiger partial charge in [-0.25, -0.2) is 4.98 Å². The lowest BCUT2D eigenvalue weighted by atomic mass is 9.92. The van der Waals surface area contributed by atoms with E-state index in [2.05, 4.69) is 57.2 Å². The minimum Gasteiger partial charge on any atom is -0.364 e. The number of aryl methyl sites for hydroxylation is 1. The monoisotopic (exact) mass is 321 g/mol. The van der Waals surface area contributed by atoms with Crippen molar-refractivity contribution in [2.24, 2.45) is 0 Å². The molecule has 0 N–H and O–H groups in total. The summed E-state index contributed by atoms with van der Waals surface area (Å²) in [6.07, 6.45) is 3.44. The quantitative estimate of drug-likeness (QED) is 0.725. The molecular weight excluding hydrogens is 302 g/mol. The molecular formula is C18H19N5O. The molecule has 122 valence electrons.